The van der Waals surface area contributed by atoms with Crippen LogP contribution in [0.25, 0.3) is 0 Å². The van der Waals surface area contributed by atoms with Crippen LogP contribution in [0.1, 0.15) is 24.2 Å². The highest BCUT2D eigenvalue weighted by atomic mass is 16.5. The Hall–Kier alpha value is -2.83. The van der Waals surface area contributed by atoms with E-state index in [1.807, 2.05) is 36.9 Å². The fourth-order valence-electron chi connectivity index (χ4n) is 4.43. The van der Waals surface area contributed by atoms with E-state index < -0.39 is 0 Å². The third-order valence-corrected chi connectivity index (χ3v) is 6.11. The lowest BCUT2D eigenvalue weighted by Gasteiger charge is -2.39. The molecule has 0 unspecified atom stereocenters. The average Bonchev–Trinajstić information content (AvgIpc) is 2.78. The van der Waals surface area contributed by atoms with Gasteiger partial charge in [0.25, 0.3) is 0 Å². The Morgan fingerprint density at radius 1 is 0.933 bits per heavy atom. The summed E-state index contributed by atoms with van der Waals surface area (Å²) in [4.78, 5) is 28.8. The van der Waals surface area contributed by atoms with Gasteiger partial charge in [0.1, 0.15) is 5.75 Å². The number of hydrogen-bond donors (Lipinski definition) is 0. The van der Waals surface area contributed by atoms with Crippen molar-refractivity contribution in [1.29, 1.82) is 0 Å². The minimum Gasteiger partial charge on any atom is -0.497 e. The van der Waals surface area contributed by atoms with Gasteiger partial charge in [-0.15, -0.1) is 0 Å². The Morgan fingerprint density at radius 2 is 1.60 bits per heavy atom. The summed E-state index contributed by atoms with van der Waals surface area (Å²) >= 11 is 0. The maximum atomic E-state index is 13.1. The van der Waals surface area contributed by atoms with Crippen LogP contribution in [0.2, 0.25) is 0 Å². The van der Waals surface area contributed by atoms with Gasteiger partial charge < -0.3 is 19.4 Å². The van der Waals surface area contributed by atoms with E-state index in [-0.39, 0.29) is 5.92 Å². The molecule has 2 saturated heterocycles. The fourth-order valence-corrected chi connectivity index (χ4v) is 4.43. The molecule has 2 aromatic rings. The van der Waals surface area contributed by atoms with Crippen molar-refractivity contribution in [1.82, 2.24) is 14.9 Å². The maximum Gasteiger partial charge on any atom is 0.225 e. The molecule has 0 radical (unpaired) electrons. The molecule has 0 saturated carbocycles. The van der Waals surface area contributed by atoms with Crippen LogP contribution in [0.5, 0.6) is 5.75 Å². The van der Waals surface area contributed by atoms with E-state index in [4.69, 9.17) is 4.74 Å². The molecule has 3 heterocycles. The highest BCUT2D eigenvalue weighted by Crippen LogP contribution is 2.25. The van der Waals surface area contributed by atoms with Crippen molar-refractivity contribution in [2.75, 3.05) is 56.2 Å². The second-order valence-electron chi connectivity index (χ2n) is 8.23. The Balaban J connectivity index is 1.30. The van der Waals surface area contributed by atoms with Crippen molar-refractivity contribution in [3.63, 3.8) is 0 Å². The van der Waals surface area contributed by atoms with Gasteiger partial charge >= 0.3 is 0 Å². The zero-order chi connectivity index (χ0) is 21.1. The molecule has 160 valence electrons. The van der Waals surface area contributed by atoms with Crippen molar-refractivity contribution in [2.24, 2.45) is 5.92 Å². The topological polar surface area (TPSA) is 61.8 Å². The molecule has 2 fully saturated rings. The number of ether oxygens (including phenoxy) is 1. The zero-order valence-electron chi connectivity index (χ0n) is 18.2. The first-order valence-electron chi connectivity index (χ1n) is 10.8. The Kier molecular flexibility index (Phi) is 6.06. The smallest absolute Gasteiger partial charge is 0.225 e. The molecular formula is C23H31N5O2. The summed E-state index contributed by atoms with van der Waals surface area (Å²) in [6, 6.07) is 10.1. The number of aromatic nitrogens is 2. The van der Waals surface area contributed by atoms with E-state index in [1.54, 1.807) is 7.11 Å². The molecule has 0 bridgehead atoms. The lowest BCUT2D eigenvalue weighted by atomic mass is 9.95. The van der Waals surface area contributed by atoms with E-state index in [0.717, 1.165) is 80.9 Å². The number of piperidine rings is 1. The third-order valence-electron chi connectivity index (χ3n) is 6.11. The van der Waals surface area contributed by atoms with Gasteiger partial charge in [-0.05, 0) is 44.9 Å². The van der Waals surface area contributed by atoms with Crippen molar-refractivity contribution in [3.05, 3.63) is 41.7 Å². The molecule has 7 heteroatoms. The minimum atomic E-state index is 0.107. The molecule has 0 atom stereocenters. The lowest BCUT2D eigenvalue weighted by Crippen LogP contribution is -2.51. The number of anilines is 2. The van der Waals surface area contributed by atoms with Crippen LogP contribution in [-0.4, -0.2) is 67.2 Å². The zero-order valence-corrected chi connectivity index (χ0v) is 18.2. The summed E-state index contributed by atoms with van der Waals surface area (Å²) in [5.41, 5.74) is 3.14. The standard InChI is InChI=1S/C23H31N5O2/c1-17-15-18(2)25-23(24-17)28-9-7-19(8-10-28)22(29)27-13-11-26(12-14-27)20-5-4-6-21(16-20)30-3/h4-6,15-16,19H,7-14H2,1-3H3. The monoisotopic (exact) mass is 409 g/mol. The summed E-state index contributed by atoms with van der Waals surface area (Å²) in [6.07, 6.45) is 1.73. The van der Waals surface area contributed by atoms with Crippen LogP contribution in [0, 0.1) is 19.8 Å². The van der Waals surface area contributed by atoms with Crippen LogP contribution in [0.4, 0.5) is 11.6 Å². The number of nitrogens with zero attached hydrogens (tertiary/aromatic N) is 5. The van der Waals surface area contributed by atoms with Crippen molar-refractivity contribution in [3.8, 4) is 5.75 Å². The summed E-state index contributed by atoms with van der Waals surface area (Å²) in [5.74, 6) is 2.08. The number of amides is 1. The van der Waals surface area contributed by atoms with Crippen molar-refractivity contribution >= 4 is 17.5 Å². The van der Waals surface area contributed by atoms with Crippen LogP contribution in [-0.2, 0) is 4.79 Å². The lowest BCUT2D eigenvalue weighted by molar-refractivity contribution is -0.136. The molecule has 0 aliphatic carbocycles. The predicted molar refractivity (Wildman–Crippen MR) is 118 cm³/mol. The van der Waals surface area contributed by atoms with E-state index in [0.29, 0.717) is 5.91 Å². The van der Waals surface area contributed by atoms with E-state index >= 15 is 0 Å². The molecule has 30 heavy (non-hydrogen) atoms. The third kappa shape index (κ3) is 4.50. The number of rotatable bonds is 4. The van der Waals surface area contributed by atoms with Crippen molar-refractivity contribution < 1.29 is 9.53 Å². The molecule has 1 aromatic carbocycles. The molecule has 2 aliphatic heterocycles. The number of hydrogen-bond acceptors (Lipinski definition) is 6. The molecule has 7 nitrogen and oxygen atoms in total. The molecule has 2 aliphatic rings. The van der Waals surface area contributed by atoms with Gasteiger partial charge in [0.2, 0.25) is 11.9 Å². The van der Waals surface area contributed by atoms with Gasteiger partial charge in [-0.1, -0.05) is 6.07 Å². The number of carbonyl (C=O) groups is 1. The van der Waals surface area contributed by atoms with Gasteiger partial charge in [-0.25, -0.2) is 9.97 Å². The number of aryl methyl sites for hydroxylation is 2. The number of methoxy groups -OCH3 is 1. The summed E-state index contributed by atoms with van der Waals surface area (Å²) in [7, 11) is 1.69. The molecule has 1 aromatic heterocycles. The summed E-state index contributed by atoms with van der Waals surface area (Å²) in [6.45, 7) is 8.93. The first kappa shape index (κ1) is 20.4. The Bertz CT molecular complexity index is 867. The highest BCUT2D eigenvalue weighted by Gasteiger charge is 2.31. The quantitative estimate of drug-likeness (QED) is 0.774. The highest BCUT2D eigenvalue weighted by molar-refractivity contribution is 5.79. The SMILES string of the molecule is COc1cccc(N2CCN(C(=O)C3CCN(c4nc(C)cc(C)n4)CC3)CC2)c1. The van der Waals surface area contributed by atoms with Crippen molar-refractivity contribution in [2.45, 2.75) is 26.7 Å². The van der Waals surface area contributed by atoms with Crippen LogP contribution >= 0.6 is 0 Å². The first-order valence-corrected chi connectivity index (χ1v) is 10.8. The van der Waals surface area contributed by atoms with Crippen LogP contribution < -0.4 is 14.5 Å². The number of carbonyl (C=O) groups excluding carboxylic acids is 1. The average molecular weight is 410 g/mol. The van der Waals surface area contributed by atoms with Crippen LogP contribution in [0.15, 0.2) is 30.3 Å². The normalized spacial score (nSPS) is 17.9. The fraction of sp³-hybridized carbons (Fsp3) is 0.522. The molecule has 1 amide bonds. The summed E-state index contributed by atoms with van der Waals surface area (Å²) < 4.78 is 5.33. The van der Waals surface area contributed by atoms with E-state index in [2.05, 4.69) is 31.9 Å². The van der Waals surface area contributed by atoms with E-state index in [9.17, 15) is 4.79 Å². The Labute approximate surface area is 178 Å². The van der Waals surface area contributed by atoms with Gasteiger partial charge in [0.05, 0.1) is 7.11 Å². The number of piperazine rings is 1. The van der Waals surface area contributed by atoms with E-state index in [1.165, 1.54) is 0 Å². The van der Waals surface area contributed by atoms with Gasteiger partial charge in [-0.2, -0.15) is 0 Å². The first-order chi connectivity index (χ1) is 14.5. The Morgan fingerprint density at radius 3 is 2.23 bits per heavy atom. The largest absolute Gasteiger partial charge is 0.497 e. The maximum absolute atomic E-state index is 13.1. The molecule has 0 spiro atoms. The molecular weight excluding hydrogens is 378 g/mol. The number of benzene rings is 1. The van der Waals surface area contributed by atoms with Gasteiger partial charge in [-0.3, -0.25) is 4.79 Å². The predicted octanol–water partition coefficient (Wildman–Crippen LogP) is 2.67. The molecule has 4 rings (SSSR count). The second-order valence-corrected chi connectivity index (χ2v) is 8.23. The minimum absolute atomic E-state index is 0.107. The molecule has 0 N–H and O–H groups in total. The van der Waals surface area contributed by atoms with Gasteiger partial charge in [0.15, 0.2) is 0 Å². The van der Waals surface area contributed by atoms with Crippen LogP contribution in [0.3, 0.4) is 0 Å². The second kappa shape index (κ2) is 8.90. The van der Waals surface area contributed by atoms with Gasteiger partial charge in [0, 0.05) is 68.3 Å². The summed E-state index contributed by atoms with van der Waals surface area (Å²) in [5, 5.41) is 0.